The molecule has 0 aliphatic heterocycles. The van der Waals surface area contributed by atoms with Crippen molar-refractivity contribution in [2.75, 3.05) is 16.2 Å². The van der Waals surface area contributed by atoms with E-state index in [1.807, 2.05) is 20.8 Å². The van der Waals surface area contributed by atoms with E-state index in [-0.39, 0.29) is 28.1 Å². The molecule has 0 fully saturated rings. The number of rotatable bonds is 4. The largest absolute Gasteiger partial charge is 0.478 e. The quantitative estimate of drug-likeness (QED) is 0.730. The first-order valence-corrected chi connectivity index (χ1v) is 7.29. The van der Waals surface area contributed by atoms with Gasteiger partial charge in [-0.05, 0) is 23.6 Å². The van der Waals surface area contributed by atoms with E-state index < -0.39 is 16.0 Å². The molecule has 19 heavy (non-hydrogen) atoms. The third kappa shape index (κ3) is 4.78. The molecule has 0 heterocycles. The van der Waals surface area contributed by atoms with Gasteiger partial charge in [-0.25, -0.2) is 13.2 Å². The first kappa shape index (κ1) is 15.3. The third-order valence-electron chi connectivity index (χ3n) is 2.19. The van der Waals surface area contributed by atoms with Gasteiger partial charge < -0.3 is 10.8 Å². The molecule has 0 spiro atoms. The number of anilines is 2. The number of nitrogen functional groups attached to an aromatic ring is 1. The molecule has 0 saturated heterocycles. The zero-order valence-electron chi connectivity index (χ0n) is 11.1. The van der Waals surface area contributed by atoms with Gasteiger partial charge in [-0.2, -0.15) is 0 Å². The number of carbonyl (C=O) groups is 1. The van der Waals surface area contributed by atoms with Crippen LogP contribution in [0.3, 0.4) is 0 Å². The Morgan fingerprint density at radius 1 is 1.37 bits per heavy atom. The third-order valence-corrected chi connectivity index (χ3v) is 3.96. The summed E-state index contributed by atoms with van der Waals surface area (Å²) in [5, 5.41) is 8.79. The van der Waals surface area contributed by atoms with Crippen molar-refractivity contribution in [3.05, 3.63) is 23.8 Å². The SMILES string of the molecule is CC(C)(C)CS(=O)(=O)Nc1ccc(C(=O)O)cc1N. The summed E-state index contributed by atoms with van der Waals surface area (Å²) >= 11 is 0. The standard InChI is InChI=1S/C12H18N2O4S/c1-12(2,3)7-19(17,18)14-10-5-4-8(11(15)16)6-9(10)13/h4-6,14H,7,13H2,1-3H3,(H,15,16). The number of sulfonamides is 1. The summed E-state index contributed by atoms with van der Waals surface area (Å²) in [5.74, 6) is -1.17. The smallest absolute Gasteiger partial charge is 0.335 e. The van der Waals surface area contributed by atoms with Gasteiger partial charge in [0.1, 0.15) is 0 Å². The fraction of sp³-hybridized carbons (Fsp3) is 0.417. The highest BCUT2D eigenvalue weighted by Gasteiger charge is 2.22. The van der Waals surface area contributed by atoms with E-state index in [4.69, 9.17) is 10.8 Å². The highest BCUT2D eigenvalue weighted by Crippen LogP contribution is 2.23. The fourth-order valence-corrected chi connectivity index (χ4v) is 3.30. The topological polar surface area (TPSA) is 109 Å². The number of carboxylic acids is 1. The number of nitrogens with one attached hydrogen (secondary N) is 1. The van der Waals surface area contributed by atoms with Gasteiger partial charge in [0.05, 0.1) is 22.7 Å². The zero-order chi connectivity index (χ0) is 14.8. The minimum atomic E-state index is -3.53. The first-order chi connectivity index (χ1) is 8.50. The van der Waals surface area contributed by atoms with Crippen LogP contribution in [0.1, 0.15) is 31.1 Å². The van der Waals surface area contributed by atoms with Crippen LogP contribution in [-0.2, 0) is 10.0 Å². The van der Waals surface area contributed by atoms with Crippen molar-refractivity contribution in [2.45, 2.75) is 20.8 Å². The average molecular weight is 286 g/mol. The molecule has 0 saturated carbocycles. The van der Waals surface area contributed by atoms with Crippen molar-refractivity contribution >= 4 is 27.4 Å². The minimum Gasteiger partial charge on any atom is -0.478 e. The molecular formula is C12H18N2O4S. The molecule has 0 amide bonds. The predicted molar refractivity (Wildman–Crippen MR) is 74.7 cm³/mol. The van der Waals surface area contributed by atoms with E-state index in [9.17, 15) is 13.2 Å². The molecule has 1 aromatic rings. The van der Waals surface area contributed by atoms with Crippen LogP contribution in [0, 0.1) is 5.41 Å². The second-order valence-corrected chi connectivity index (χ2v) is 7.25. The second-order valence-electron chi connectivity index (χ2n) is 5.53. The van der Waals surface area contributed by atoms with Crippen LogP contribution < -0.4 is 10.5 Å². The van der Waals surface area contributed by atoms with Gasteiger partial charge in [-0.3, -0.25) is 4.72 Å². The summed E-state index contributed by atoms with van der Waals surface area (Å²) in [6, 6.07) is 3.86. The van der Waals surface area contributed by atoms with Gasteiger partial charge in [-0.15, -0.1) is 0 Å². The summed E-state index contributed by atoms with van der Waals surface area (Å²) in [6.45, 7) is 5.43. The summed E-state index contributed by atoms with van der Waals surface area (Å²) in [7, 11) is -3.53. The van der Waals surface area contributed by atoms with Crippen molar-refractivity contribution in [1.82, 2.24) is 0 Å². The van der Waals surface area contributed by atoms with Crippen LogP contribution in [0.25, 0.3) is 0 Å². The van der Waals surface area contributed by atoms with E-state index in [2.05, 4.69) is 4.72 Å². The molecule has 0 atom stereocenters. The van der Waals surface area contributed by atoms with Gasteiger partial charge in [0.25, 0.3) is 0 Å². The number of nitrogens with two attached hydrogens (primary N) is 1. The number of hydrogen-bond donors (Lipinski definition) is 3. The molecule has 0 unspecified atom stereocenters. The Bertz CT molecular complexity index is 588. The first-order valence-electron chi connectivity index (χ1n) is 5.63. The molecule has 4 N–H and O–H groups in total. The van der Waals surface area contributed by atoms with Gasteiger partial charge in [0, 0.05) is 0 Å². The lowest BCUT2D eigenvalue weighted by atomic mass is 10.0. The molecule has 1 aromatic carbocycles. The maximum absolute atomic E-state index is 11.9. The van der Waals surface area contributed by atoms with Crippen molar-refractivity contribution in [3.8, 4) is 0 Å². The maximum atomic E-state index is 11.9. The second kappa shape index (κ2) is 5.08. The molecule has 1 rings (SSSR count). The van der Waals surface area contributed by atoms with Crippen LogP contribution in [-0.4, -0.2) is 25.2 Å². The van der Waals surface area contributed by atoms with Crippen molar-refractivity contribution in [1.29, 1.82) is 0 Å². The van der Waals surface area contributed by atoms with E-state index >= 15 is 0 Å². The van der Waals surface area contributed by atoms with E-state index in [0.29, 0.717) is 0 Å². The highest BCUT2D eigenvalue weighted by atomic mass is 32.2. The molecule has 0 radical (unpaired) electrons. The molecule has 6 nitrogen and oxygen atoms in total. The van der Waals surface area contributed by atoms with Crippen LogP contribution in [0.15, 0.2) is 18.2 Å². The van der Waals surface area contributed by atoms with Crippen LogP contribution >= 0.6 is 0 Å². The summed E-state index contributed by atoms with van der Waals surface area (Å²) in [6.07, 6.45) is 0. The number of hydrogen-bond acceptors (Lipinski definition) is 4. The van der Waals surface area contributed by atoms with E-state index in [1.54, 1.807) is 0 Å². The van der Waals surface area contributed by atoms with Gasteiger partial charge >= 0.3 is 5.97 Å². The monoisotopic (exact) mass is 286 g/mol. The van der Waals surface area contributed by atoms with E-state index in [0.717, 1.165) is 0 Å². The van der Waals surface area contributed by atoms with E-state index in [1.165, 1.54) is 18.2 Å². The summed E-state index contributed by atoms with van der Waals surface area (Å²) in [4.78, 5) is 10.7. The van der Waals surface area contributed by atoms with Gasteiger partial charge in [0.15, 0.2) is 0 Å². The predicted octanol–water partition coefficient (Wildman–Crippen LogP) is 1.75. The Hall–Kier alpha value is -1.76. The Morgan fingerprint density at radius 3 is 2.37 bits per heavy atom. The summed E-state index contributed by atoms with van der Waals surface area (Å²) < 4.78 is 26.2. The Balaban J connectivity index is 2.98. The van der Waals surface area contributed by atoms with Crippen molar-refractivity contribution < 1.29 is 18.3 Å². The maximum Gasteiger partial charge on any atom is 0.335 e. The molecule has 0 aliphatic rings. The molecular weight excluding hydrogens is 268 g/mol. The Morgan fingerprint density at radius 2 is 1.95 bits per heavy atom. The van der Waals surface area contributed by atoms with Crippen LogP contribution in [0.2, 0.25) is 0 Å². The van der Waals surface area contributed by atoms with Crippen molar-refractivity contribution in [2.24, 2.45) is 5.41 Å². The highest BCUT2D eigenvalue weighted by molar-refractivity contribution is 7.92. The number of benzene rings is 1. The molecule has 0 aromatic heterocycles. The molecule has 7 heteroatoms. The average Bonchev–Trinajstić information content (AvgIpc) is 2.16. The summed E-state index contributed by atoms with van der Waals surface area (Å²) in [5.41, 5.74) is 5.53. The lowest BCUT2D eigenvalue weighted by Gasteiger charge is -2.19. The molecule has 106 valence electrons. The van der Waals surface area contributed by atoms with Gasteiger partial charge in [-0.1, -0.05) is 20.8 Å². The van der Waals surface area contributed by atoms with Crippen molar-refractivity contribution in [3.63, 3.8) is 0 Å². The minimum absolute atomic E-state index is 0.0104. The molecule has 0 aliphatic carbocycles. The number of carboxylic acid groups (broad SMARTS) is 1. The normalized spacial score (nSPS) is 12.2. The zero-order valence-corrected chi connectivity index (χ0v) is 11.9. The van der Waals surface area contributed by atoms with Crippen LogP contribution in [0.4, 0.5) is 11.4 Å². The lowest BCUT2D eigenvalue weighted by Crippen LogP contribution is -2.26. The Kier molecular flexibility index (Phi) is 4.09. The lowest BCUT2D eigenvalue weighted by molar-refractivity contribution is 0.0697. The fourth-order valence-electron chi connectivity index (χ4n) is 1.56. The number of aromatic carboxylic acids is 1. The van der Waals surface area contributed by atoms with Gasteiger partial charge in [0.2, 0.25) is 10.0 Å². The molecule has 0 bridgehead atoms. The Labute approximate surface area is 112 Å². The van der Waals surface area contributed by atoms with Crippen LogP contribution in [0.5, 0.6) is 0 Å².